The highest BCUT2D eigenvalue weighted by Gasteiger charge is 2.31. The van der Waals surface area contributed by atoms with Gasteiger partial charge in [-0.3, -0.25) is 9.36 Å². The Morgan fingerprint density at radius 3 is 2.57 bits per heavy atom. The van der Waals surface area contributed by atoms with E-state index in [4.69, 9.17) is 0 Å². The summed E-state index contributed by atoms with van der Waals surface area (Å²) in [6.07, 6.45) is -2.51. The van der Waals surface area contributed by atoms with Crippen LogP contribution in [-0.2, 0) is 12.6 Å². The highest BCUT2D eigenvalue weighted by Crippen LogP contribution is 2.30. The van der Waals surface area contributed by atoms with Crippen molar-refractivity contribution in [1.82, 2.24) is 19.5 Å². The predicted molar refractivity (Wildman–Crippen MR) is 126 cm³/mol. The molecule has 0 saturated carbocycles. The van der Waals surface area contributed by atoms with Crippen molar-refractivity contribution in [3.63, 3.8) is 0 Å². The molecule has 2 aromatic carbocycles. The molecule has 11 heteroatoms. The summed E-state index contributed by atoms with van der Waals surface area (Å²) in [5, 5.41) is 6.02. The number of aromatic nitrogens is 4. The molecule has 4 rings (SSSR count). The van der Waals surface area contributed by atoms with Crippen LogP contribution in [0.3, 0.4) is 0 Å². The van der Waals surface area contributed by atoms with Crippen LogP contribution in [0.2, 0.25) is 0 Å². The van der Waals surface area contributed by atoms with Crippen LogP contribution in [0.15, 0.2) is 53.5 Å². The lowest BCUT2D eigenvalue weighted by Gasteiger charge is -2.17. The molecule has 0 aliphatic heterocycles. The largest absolute Gasteiger partial charge is 0.416 e. The summed E-state index contributed by atoms with van der Waals surface area (Å²) in [6, 6.07) is 9.05. The van der Waals surface area contributed by atoms with Crippen molar-refractivity contribution in [2.45, 2.75) is 26.4 Å². The number of aryl methyl sites for hydroxylation is 2. The minimum Gasteiger partial charge on any atom is -0.357 e. The topological polar surface area (TPSA) is 102 Å². The van der Waals surface area contributed by atoms with E-state index < -0.39 is 23.3 Å². The standard InChI is InChI=1S/C24H21F3N6O2/c1-4-18-17-12-29-22(28-3)31-20(17)32-23(35)33(18)19-11-16(9-8-13(19)2)30-21(34)14-6-5-7-15(10-14)24(25,26)27/h5-12H,4H2,1-3H3,(H,30,34)(H,28,31,32,35). The molecule has 0 unspecified atom stereocenters. The first-order chi connectivity index (χ1) is 16.6. The molecule has 8 nitrogen and oxygen atoms in total. The first-order valence-electron chi connectivity index (χ1n) is 10.7. The van der Waals surface area contributed by atoms with Crippen molar-refractivity contribution in [2.75, 3.05) is 17.7 Å². The van der Waals surface area contributed by atoms with E-state index in [2.05, 4.69) is 25.6 Å². The van der Waals surface area contributed by atoms with Crippen LogP contribution in [0, 0.1) is 6.92 Å². The van der Waals surface area contributed by atoms with E-state index in [1.54, 1.807) is 38.4 Å². The molecule has 2 N–H and O–H groups in total. The summed E-state index contributed by atoms with van der Waals surface area (Å²) in [7, 11) is 1.66. The van der Waals surface area contributed by atoms with Gasteiger partial charge in [0.2, 0.25) is 5.95 Å². The highest BCUT2D eigenvalue weighted by molar-refractivity contribution is 6.04. The van der Waals surface area contributed by atoms with Gasteiger partial charge >= 0.3 is 11.9 Å². The summed E-state index contributed by atoms with van der Waals surface area (Å²) in [5.41, 5.74) is 0.788. The van der Waals surface area contributed by atoms with Crippen molar-refractivity contribution in [3.05, 3.63) is 81.5 Å². The minimum absolute atomic E-state index is 0.141. The fourth-order valence-corrected chi connectivity index (χ4v) is 3.72. The number of anilines is 2. The second-order valence-electron chi connectivity index (χ2n) is 7.74. The molecule has 0 bridgehead atoms. The van der Waals surface area contributed by atoms with Crippen molar-refractivity contribution in [3.8, 4) is 5.69 Å². The molecule has 180 valence electrons. The van der Waals surface area contributed by atoms with E-state index in [0.29, 0.717) is 34.8 Å². The number of hydrogen-bond acceptors (Lipinski definition) is 6. The fraction of sp³-hybridized carbons (Fsp3) is 0.208. The zero-order valence-electron chi connectivity index (χ0n) is 19.1. The number of carbonyl (C=O) groups excluding carboxylic acids is 1. The highest BCUT2D eigenvalue weighted by atomic mass is 19.4. The van der Waals surface area contributed by atoms with E-state index in [0.717, 1.165) is 17.7 Å². The van der Waals surface area contributed by atoms with Crippen molar-refractivity contribution in [1.29, 1.82) is 0 Å². The van der Waals surface area contributed by atoms with E-state index in [-0.39, 0.29) is 11.2 Å². The van der Waals surface area contributed by atoms with E-state index >= 15 is 0 Å². The van der Waals surface area contributed by atoms with Gasteiger partial charge in [0.05, 0.1) is 16.6 Å². The van der Waals surface area contributed by atoms with Gasteiger partial charge in [-0.05, 0) is 49.2 Å². The normalized spacial score (nSPS) is 11.5. The van der Waals surface area contributed by atoms with E-state index in [1.807, 2.05) is 6.92 Å². The molecule has 2 aromatic heterocycles. The molecule has 2 heterocycles. The van der Waals surface area contributed by atoms with Crippen LogP contribution in [0.25, 0.3) is 16.7 Å². The second-order valence-corrected chi connectivity index (χ2v) is 7.74. The predicted octanol–water partition coefficient (Wildman–Crippen LogP) is 4.36. The van der Waals surface area contributed by atoms with Gasteiger partial charge in [-0.25, -0.2) is 9.78 Å². The zero-order chi connectivity index (χ0) is 25.3. The number of nitrogens with zero attached hydrogens (tertiary/aromatic N) is 4. The van der Waals surface area contributed by atoms with Gasteiger partial charge in [0.15, 0.2) is 5.65 Å². The second kappa shape index (κ2) is 9.16. The maximum absolute atomic E-state index is 13.0. The van der Waals surface area contributed by atoms with Gasteiger partial charge in [-0.2, -0.15) is 23.1 Å². The van der Waals surface area contributed by atoms with Crippen molar-refractivity contribution < 1.29 is 18.0 Å². The van der Waals surface area contributed by atoms with Gasteiger partial charge in [0.25, 0.3) is 5.91 Å². The number of halogens is 3. The maximum atomic E-state index is 13.0. The number of carbonyl (C=O) groups is 1. The summed E-state index contributed by atoms with van der Waals surface area (Å²) < 4.78 is 40.5. The van der Waals surface area contributed by atoms with Crippen LogP contribution in [-0.4, -0.2) is 32.5 Å². The third-order valence-electron chi connectivity index (χ3n) is 5.46. The number of nitrogens with one attached hydrogen (secondary N) is 2. The quantitative estimate of drug-likeness (QED) is 0.438. The number of benzene rings is 2. The monoisotopic (exact) mass is 482 g/mol. The third-order valence-corrected chi connectivity index (χ3v) is 5.46. The average Bonchev–Trinajstić information content (AvgIpc) is 2.83. The van der Waals surface area contributed by atoms with Crippen LogP contribution in [0.4, 0.5) is 24.8 Å². The summed E-state index contributed by atoms with van der Waals surface area (Å²) in [5.74, 6) is -0.377. The van der Waals surface area contributed by atoms with Gasteiger partial charge in [0, 0.05) is 30.2 Å². The first kappa shape index (κ1) is 23.9. The molecule has 0 saturated heterocycles. The molecule has 0 aliphatic carbocycles. The van der Waals surface area contributed by atoms with Crippen molar-refractivity contribution >= 4 is 28.6 Å². The lowest BCUT2D eigenvalue weighted by molar-refractivity contribution is -0.137. The van der Waals surface area contributed by atoms with E-state index in [9.17, 15) is 22.8 Å². The van der Waals surface area contributed by atoms with Gasteiger partial charge in [-0.15, -0.1) is 0 Å². The Balaban J connectivity index is 1.76. The molecule has 0 atom stereocenters. The molecule has 0 aliphatic rings. The Morgan fingerprint density at radius 1 is 1.11 bits per heavy atom. The number of fused-ring (bicyclic) bond motifs is 1. The minimum atomic E-state index is -4.56. The maximum Gasteiger partial charge on any atom is 0.416 e. The Labute approximate surface area is 197 Å². The lowest BCUT2D eigenvalue weighted by atomic mass is 10.1. The van der Waals surface area contributed by atoms with Crippen LogP contribution in [0.1, 0.15) is 34.1 Å². The molecule has 35 heavy (non-hydrogen) atoms. The number of amides is 1. The zero-order valence-corrected chi connectivity index (χ0v) is 19.1. The molecule has 0 spiro atoms. The molecular formula is C24H21F3N6O2. The average molecular weight is 482 g/mol. The number of rotatable bonds is 5. The van der Waals surface area contributed by atoms with E-state index in [1.165, 1.54) is 16.7 Å². The first-order valence-corrected chi connectivity index (χ1v) is 10.7. The Hall–Kier alpha value is -4.28. The molecule has 1 amide bonds. The SMILES string of the molecule is CCc1c2cnc(NC)nc2nc(=O)n1-c1cc(NC(=O)c2cccc(C(F)(F)F)c2)ccc1C. The van der Waals surface area contributed by atoms with Gasteiger partial charge in [-0.1, -0.05) is 19.1 Å². The summed E-state index contributed by atoms with van der Waals surface area (Å²) >= 11 is 0. The van der Waals surface area contributed by atoms with Crippen molar-refractivity contribution in [2.24, 2.45) is 0 Å². The smallest absolute Gasteiger partial charge is 0.357 e. The molecule has 0 fully saturated rings. The molecule has 4 aromatic rings. The lowest BCUT2D eigenvalue weighted by Crippen LogP contribution is -2.26. The van der Waals surface area contributed by atoms with Crippen LogP contribution < -0.4 is 16.3 Å². The van der Waals surface area contributed by atoms with Crippen LogP contribution >= 0.6 is 0 Å². The Bertz CT molecular complexity index is 1500. The molecule has 0 radical (unpaired) electrons. The van der Waals surface area contributed by atoms with Gasteiger partial charge in [0.1, 0.15) is 0 Å². The number of hydrogen-bond donors (Lipinski definition) is 2. The fourth-order valence-electron chi connectivity index (χ4n) is 3.72. The number of alkyl halides is 3. The Kier molecular flexibility index (Phi) is 6.25. The summed E-state index contributed by atoms with van der Waals surface area (Å²) in [4.78, 5) is 38.3. The van der Waals surface area contributed by atoms with Crippen LogP contribution in [0.5, 0.6) is 0 Å². The molecular weight excluding hydrogens is 461 g/mol. The third kappa shape index (κ3) is 4.70. The van der Waals surface area contributed by atoms with Gasteiger partial charge < -0.3 is 10.6 Å². The Morgan fingerprint density at radius 2 is 1.89 bits per heavy atom. The summed E-state index contributed by atoms with van der Waals surface area (Å²) in [6.45, 7) is 3.68.